The summed E-state index contributed by atoms with van der Waals surface area (Å²) in [6.45, 7) is 7.95. The van der Waals surface area contributed by atoms with Crippen LogP contribution in [0, 0.1) is 23.7 Å². The summed E-state index contributed by atoms with van der Waals surface area (Å²) in [4.78, 5) is 11.6. The third-order valence-electron chi connectivity index (χ3n) is 5.15. The molecule has 1 aliphatic heterocycles. The molecule has 1 N–H and O–H groups in total. The van der Waals surface area contributed by atoms with Gasteiger partial charge in [-0.25, -0.2) is 9.97 Å². The van der Waals surface area contributed by atoms with Crippen molar-refractivity contribution in [3.05, 3.63) is 39.1 Å². The zero-order valence-corrected chi connectivity index (χ0v) is 17.2. The average molecular weight is 405 g/mol. The van der Waals surface area contributed by atoms with Crippen molar-refractivity contribution >= 4 is 29.0 Å². The van der Waals surface area contributed by atoms with Crippen LogP contribution in [0.5, 0.6) is 0 Å². The third kappa shape index (κ3) is 3.89. The number of aliphatic hydroxyl groups excluding tert-OH is 1. The minimum atomic E-state index is -0.216. The quantitative estimate of drug-likeness (QED) is 0.798. The number of nitriles is 1. The molecule has 0 radical (unpaired) electrons. The van der Waals surface area contributed by atoms with Crippen molar-refractivity contribution < 1.29 is 5.11 Å². The summed E-state index contributed by atoms with van der Waals surface area (Å²) >= 11 is 12.4. The Kier molecular flexibility index (Phi) is 5.62. The standard InChI is InChI=1S/C20H22Cl2N4O/c1-12-18(13-4-5-15(21)14(10-23)17(13)22)25-16(11-27)19(24-12)26-8-6-20(2,3)7-9-26/h4-5,27H,6-9,11H2,1-3H3. The fraction of sp³-hybridized carbons (Fsp3) is 0.450. The summed E-state index contributed by atoms with van der Waals surface area (Å²) in [5.41, 5.74) is 2.88. The number of nitrogens with zero attached hydrogens (tertiary/aromatic N) is 4. The smallest absolute Gasteiger partial charge is 0.153 e. The molecular weight excluding hydrogens is 383 g/mol. The molecule has 2 heterocycles. The summed E-state index contributed by atoms with van der Waals surface area (Å²) < 4.78 is 0. The van der Waals surface area contributed by atoms with Crippen molar-refractivity contribution in [2.75, 3.05) is 18.0 Å². The van der Waals surface area contributed by atoms with E-state index in [9.17, 15) is 10.4 Å². The zero-order valence-electron chi connectivity index (χ0n) is 15.7. The van der Waals surface area contributed by atoms with Gasteiger partial charge in [0.2, 0.25) is 0 Å². The number of hydrogen-bond donors (Lipinski definition) is 1. The Hall–Kier alpha value is -1.87. The third-order valence-corrected chi connectivity index (χ3v) is 5.85. The topological polar surface area (TPSA) is 73.0 Å². The second kappa shape index (κ2) is 7.63. The van der Waals surface area contributed by atoms with E-state index in [1.807, 2.05) is 13.0 Å². The highest BCUT2D eigenvalue weighted by Gasteiger charge is 2.28. The number of aromatic nitrogens is 2. The van der Waals surface area contributed by atoms with Crippen LogP contribution in [0.25, 0.3) is 11.3 Å². The molecule has 0 atom stereocenters. The first-order chi connectivity index (χ1) is 12.8. The van der Waals surface area contributed by atoms with Gasteiger partial charge in [0.25, 0.3) is 0 Å². The van der Waals surface area contributed by atoms with E-state index in [1.54, 1.807) is 12.1 Å². The number of hydrogen-bond acceptors (Lipinski definition) is 5. The Balaban J connectivity index is 2.05. The fourth-order valence-corrected chi connectivity index (χ4v) is 3.86. The first-order valence-electron chi connectivity index (χ1n) is 8.89. The molecule has 2 aromatic rings. The van der Waals surface area contributed by atoms with Crippen LogP contribution in [0.4, 0.5) is 5.82 Å². The zero-order chi connectivity index (χ0) is 19.8. The van der Waals surface area contributed by atoms with E-state index >= 15 is 0 Å². The SMILES string of the molecule is Cc1nc(N2CCC(C)(C)CC2)c(CO)nc1-c1ccc(Cl)c(C#N)c1Cl. The number of benzene rings is 1. The van der Waals surface area contributed by atoms with Crippen molar-refractivity contribution in [2.45, 2.75) is 40.2 Å². The molecule has 1 aromatic heterocycles. The van der Waals surface area contributed by atoms with Gasteiger partial charge in [0.15, 0.2) is 5.82 Å². The molecule has 3 rings (SSSR count). The number of aryl methyl sites for hydroxylation is 1. The highest BCUT2D eigenvalue weighted by atomic mass is 35.5. The molecule has 5 nitrogen and oxygen atoms in total. The molecule has 0 unspecified atom stereocenters. The van der Waals surface area contributed by atoms with Gasteiger partial charge in [-0.2, -0.15) is 5.26 Å². The Bertz CT molecular complexity index is 911. The molecule has 1 aromatic carbocycles. The molecule has 1 fully saturated rings. The predicted molar refractivity (Wildman–Crippen MR) is 108 cm³/mol. The van der Waals surface area contributed by atoms with Gasteiger partial charge in [-0.15, -0.1) is 0 Å². The van der Waals surface area contributed by atoms with Crippen molar-refractivity contribution in [1.29, 1.82) is 5.26 Å². The number of piperidine rings is 1. The minimum absolute atomic E-state index is 0.213. The van der Waals surface area contributed by atoms with Crippen molar-refractivity contribution in [2.24, 2.45) is 5.41 Å². The predicted octanol–water partition coefficient (Wildman–Crippen LogP) is 4.75. The van der Waals surface area contributed by atoms with Gasteiger partial charge in [0.1, 0.15) is 11.8 Å². The highest BCUT2D eigenvalue weighted by Crippen LogP contribution is 2.37. The lowest BCUT2D eigenvalue weighted by molar-refractivity contribution is 0.268. The largest absolute Gasteiger partial charge is 0.390 e. The lowest BCUT2D eigenvalue weighted by atomic mass is 9.82. The second-order valence-corrected chi connectivity index (χ2v) is 8.42. The molecule has 0 bridgehead atoms. The maximum Gasteiger partial charge on any atom is 0.153 e. The van der Waals surface area contributed by atoms with Crippen LogP contribution in [0.2, 0.25) is 10.0 Å². The fourth-order valence-electron chi connectivity index (χ4n) is 3.32. The summed E-state index contributed by atoms with van der Waals surface area (Å²) in [6, 6.07) is 5.38. The molecule has 7 heteroatoms. The van der Waals surface area contributed by atoms with Crippen molar-refractivity contribution in [1.82, 2.24) is 9.97 Å². The lowest BCUT2D eigenvalue weighted by Crippen LogP contribution is -2.38. The van der Waals surface area contributed by atoms with Gasteiger partial charge < -0.3 is 10.0 Å². The van der Waals surface area contributed by atoms with Crippen LogP contribution in [0.15, 0.2) is 12.1 Å². The number of aliphatic hydroxyl groups is 1. The van der Waals surface area contributed by atoms with E-state index in [4.69, 9.17) is 28.2 Å². The van der Waals surface area contributed by atoms with E-state index in [0.29, 0.717) is 33.1 Å². The van der Waals surface area contributed by atoms with Crippen LogP contribution < -0.4 is 4.90 Å². The summed E-state index contributed by atoms with van der Waals surface area (Å²) in [6.07, 6.45) is 2.13. The maximum absolute atomic E-state index is 9.89. The second-order valence-electron chi connectivity index (χ2n) is 7.63. The van der Waals surface area contributed by atoms with E-state index < -0.39 is 0 Å². The Morgan fingerprint density at radius 2 is 1.89 bits per heavy atom. The Morgan fingerprint density at radius 3 is 2.48 bits per heavy atom. The molecule has 0 saturated carbocycles. The normalized spacial score (nSPS) is 16.3. The Labute approximate surface area is 169 Å². The number of anilines is 1. The van der Waals surface area contributed by atoms with Gasteiger partial charge >= 0.3 is 0 Å². The first-order valence-corrected chi connectivity index (χ1v) is 9.65. The molecule has 142 valence electrons. The van der Waals surface area contributed by atoms with Crippen molar-refractivity contribution in [3.8, 4) is 17.3 Å². The monoisotopic (exact) mass is 404 g/mol. The molecule has 1 aliphatic rings. The summed E-state index contributed by atoms with van der Waals surface area (Å²) in [7, 11) is 0. The summed E-state index contributed by atoms with van der Waals surface area (Å²) in [5.74, 6) is 0.722. The van der Waals surface area contributed by atoms with Crippen LogP contribution in [0.1, 0.15) is 43.6 Å². The number of halogens is 2. The summed E-state index contributed by atoms with van der Waals surface area (Å²) in [5, 5.41) is 19.7. The van der Waals surface area contributed by atoms with E-state index in [1.165, 1.54) is 0 Å². The molecule has 27 heavy (non-hydrogen) atoms. The van der Waals surface area contributed by atoms with E-state index in [0.717, 1.165) is 31.7 Å². The maximum atomic E-state index is 9.89. The molecular formula is C20H22Cl2N4O. The Morgan fingerprint density at radius 1 is 1.22 bits per heavy atom. The minimum Gasteiger partial charge on any atom is -0.390 e. The van der Waals surface area contributed by atoms with Crippen LogP contribution >= 0.6 is 23.2 Å². The highest BCUT2D eigenvalue weighted by molar-refractivity contribution is 6.38. The lowest BCUT2D eigenvalue weighted by Gasteiger charge is -2.38. The van der Waals surface area contributed by atoms with Gasteiger partial charge in [0, 0.05) is 18.7 Å². The van der Waals surface area contributed by atoms with Crippen LogP contribution in [-0.2, 0) is 6.61 Å². The van der Waals surface area contributed by atoms with E-state index in [2.05, 4.69) is 23.7 Å². The van der Waals surface area contributed by atoms with Crippen molar-refractivity contribution in [3.63, 3.8) is 0 Å². The van der Waals surface area contributed by atoms with E-state index in [-0.39, 0.29) is 17.2 Å². The van der Waals surface area contributed by atoms with Crippen LogP contribution in [0.3, 0.4) is 0 Å². The average Bonchev–Trinajstić information content (AvgIpc) is 2.63. The van der Waals surface area contributed by atoms with Gasteiger partial charge in [-0.3, -0.25) is 0 Å². The van der Waals surface area contributed by atoms with Crippen LogP contribution in [-0.4, -0.2) is 28.2 Å². The first kappa shape index (κ1) is 19.9. The van der Waals surface area contributed by atoms with Gasteiger partial charge in [0.05, 0.1) is 33.6 Å². The molecule has 1 saturated heterocycles. The molecule has 0 aliphatic carbocycles. The molecule has 0 amide bonds. The molecule has 0 spiro atoms. The van der Waals surface area contributed by atoms with Gasteiger partial charge in [-0.1, -0.05) is 37.0 Å². The number of rotatable bonds is 3. The van der Waals surface area contributed by atoms with Gasteiger partial charge in [-0.05, 0) is 37.3 Å².